The third-order valence-corrected chi connectivity index (χ3v) is 7.75. The molecule has 11 heteroatoms. The van der Waals surface area contributed by atoms with Gasteiger partial charge in [-0.05, 0) is 55.5 Å². The van der Waals surface area contributed by atoms with Crippen molar-refractivity contribution in [3.8, 4) is 11.5 Å². The van der Waals surface area contributed by atoms with E-state index in [0.717, 1.165) is 11.8 Å². The monoisotopic (exact) mass is 479 g/mol. The molecule has 1 aliphatic heterocycles. The topological polar surface area (TPSA) is 123 Å². The van der Waals surface area contributed by atoms with Crippen LogP contribution in [0.5, 0.6) is 11.5 Å². The zero-order valence-electron chi connectivity index (χ0n) is 17.7. The highest BCUT2D eigenvalue weighted by atomic mass is 32.2. The van der Waals surface area contributed by atoms with Crippen LogP contribution in [0, 0.1) is 0 Å². The summed E-state index contributed by atoms with van der Waals surface area (Å²) >= 11 is 1.16. The minimum Gasteiger partial charge on any atom is -0.497 e. The standard InChI is InChI=1S/C21H25N3O6S2/c1-3-30-16-8-10-17(11-9-16)32(27,28)18-12-22-21(24-20(18)26)31-13-19(25)23-14-4-6-15(29-2)7-5-14/h4-11,18,21-22H,3,12-13H2,1-2H3,(H,23,25)(H,24,26). The summed E-state index contributed by atoms with van der Waals surface area (Å²) < 4.78 is 36.1. The van der Waals surface area contributed by atoms with Gasteiger partial charge in [-0.2, -0.15) is 0 Å². The Hall–Kier alpha value is -2.76. The van der Waals surface area contributed by atoms with E-state index in [9.17, 15) is 18.0 Å². The van der Waals surface area contributed by atoms with E-state index in [-0.39, 0.29) is 23.1 Å². The Morgan fingerprint density at radius 3 is 2.38 bits per heavy atom. The van der Waals surface area contributed by atoms with Gasteiger partial charge in [0.1, 0.15) is 17.0 Å². The first-order valence-corrected chi connectivity index (χ1v) is 12.5. The van der Waals surface area contributed by atoms with Crippen molar-refractivity contribution in [1.29, 1.82) is 0 Å². The first-order valence-electron chi connectivity index (χ1n) is 9.89. The van der Waals surface area contributed by atoms with E-state index < -0.39 is 26.5 Å². The van der Waals surface area contributed by atoms with Crippen LogP contribution >= 0.6 is 11.8 Å². The fraction of sp³-hybridized carbons (Fsp3) is 0.333. The highest BCUT2D eigenvalue weighted by Gasteiger charge is 2.38. The van der Waals surface area contributed by atoms with Crippen molar-refractivity contribution in [1.82, 2.24) is 10.6 Å². The van der Waals surface area contributed by atoms with E-state index in [1.807, 2.05) is 6.92 Å². The van der Waals surface area contributed by atoms with Crippen molar-refractivity contribution in [2.24, 2.45) is 0 Å². The van der Waals surface area contributed by atoms with Crippen molar-refractivity contribution in [3.63, 3.8) is 0 Å². The average Bonchev–Trinajstić information content (AvgIpc) is 2.79. The van der Waals surface area contributed by atoms with Crippen molar-refractivity contribution in [2.45, 2.75) is 22.6 Å². The number of thioether (sulfide) groups is 1. The number of benzene rings is 2. The lowest BCUT2D eigenvalue weighted by molar-refractivity contribution is -0.122. The average molecular weight is 480 g/mol. The van der Waals surface area contributed by atoms with Gasteiger partial charge in [0.25, 0.3) is 0 Å². The fourth-order valence-electron chi connectivity index (χ4n) is 3.02. The number of methoxy groups -OCH3 is 1. The smallest absolute Gasteiger partial charge is 0.241 e. The van der Waals surface area contributed by atoms with Crippen LogP contribution in [-0.4, -0.2) is 57.0 Å². The molecule has 2 atom stereocenters. The minimum atomic E-state index is -3.87. The summed E-state index contributed by atoms with van der Waals surface area (Å²) in [6.07, 6.45) is 0. The van der Waals surface area contributed by atoms with Gasteiger partial charge in [-0.25, -0.2) is 8.42 Å². The Morgan fingerprint density at radius 1 is 1.12 bits per heavy atom. The molecule has 1 aliphatic rings. The molecule has 172 valence electrons. The van der Waals surface area contributed by atoms with Crippen LogP contribution in [0.2, 0.25) is 0 Å². The maximum atomic E-state index is 12.9. The van der Waals surface area contributed by atoms with Crippen molar-refractivity contribution >= 4 is 39.1 Å². The Bertz CT molecular complexity index is 1040. The molecule has 1 heterocycles. The zero-order valence-corrected chi connectivity index (χ0v) is 19.3. The normalized spacial score (nSPS) is 18.5. The van der Waals surface area contributed by atoms with Crippen LogP contribution < -0.4 is 25.4 Å². The van der Waals surface area contributed by atoms with E-state index in [1.54, 1.807) is 43.5 Å². The molecule has 2 amide bonds. The second kappa shape index (κ2) is 10.7. The molecule has 3 N–H and O–H groups in total. The Morgan fingerprint density at radius 2 is 1.78 bits per heavy atom. The summed E-state index contributed by atoms with van der Waals surface area (Å²) in [5, 5.41) is 7.08. The quantitative estimate of drug-likeness (QED) is 0.496. The van der Waals surface area contributed by atoms with Crippen LogP contribution in [0.15, 0.2) is 53.4 Å². The summed E-state index contributed by atoms with van der Waals surface area (Å²) in [5.74, 6) is 0.453. The molecule has 9 nitrogen and oxygen atoms in total. The third-order valence-electron chi connectivity index (χ3n) is 4.65. The molecule has 0 bridgehead atoms. The SMILES string of the molecule is CCOc1ccc(S(=O)(=O)C2CNC(SCC(=O)Nc3ccc(OC)cc3)NC2=O)cc1. The molecule has 3 rings (SSSR count). The summed E-state index contributed by atoms with van der Waals surface area (Å²) in [6, 6.07) is 12.9. The molecule has 1 saturated heterocycles. The lowest BCUT2D eigenvalue weighted by Gasteiger charge is -2.29. The molecule has 1 fully saturated rings. The summed E-state index contributed by atoms with van der Waals surface area (Å²) in [5.41, 5.74) is 0.0504. The van der Waals surface area contributed by atoms with Crippen molar-refractivity contribution < 1.29 is 27.5 Å². The number of carbonyl (C=O) groups excluding carboxylic acids is 2. The predicted octanol–water partition coefficient (Wildman–Crippen LogP) is 1.61. The number of anilines is 1. The van der Waals surface area contributed by atoms with E-state index in [4.69, 9.17) is 9.47 Å². The van der Waals surface area contributed by atoms with Gasteiger partial charge in [0.05, 0.1) is 24.4 Å². The molecule has 0 saturated carbocycles. The molecule has 0 spiro atoms. The number of amides is 2. The van der Waals surface area contributed by atoms with E-state index >= 15 is 0 Å². The van der Waals surface area contributed by atoms with Crippen molar-refractivity contribution in [3.05, 3.63) is 48.5 Å². The number of hydrogen-bond donors (Lipinski definition) is 3. The maximum absolute atomic E-state index is 12.9. The maximum Gasteiger partial charge on any atom is 0.241 e. The molecule has 32 heavy (non-hydrogen) atoms. The van der Waals surface area contributed by atoms with Crippen LogP contribution in [0.25, 0.3) is 0 Å². The number of sulfone groups is 1. The van der Waals surface area contributed by atoms with E-state index in [2.05, 4.69) is 16.0 Å². The van der Waals surface area contributed by atoms with Gasteiger partial charge in [-0.3, -0.25) is 14.9 Å². The Balaban J connectivity index is 1.51. The highest BCUT2D eigenvalue weighted by molar-refractivity contribution is 8.00. The molecule has 2 aromatic carbocycles. The van der Waals surface area contributed by atoms with Gasteiger partial charge in [-0.15, -0.1) is 11.8 Å². The first kappa shape index (κ1) is 23.9. The van der Waals surface area contributed by atoms with Gasteiger partial charge >= 0.3 is 0 Å². The first-order chi connectivity index (χ1) is 15.3. The highest BCUT2D eigenvalue weighted by Crippen LogP contribution is 2.22. The number of carbonyl (C=O) groups is 2. The Labute approximate surface area is 191 Å². The lowest BCUT2D eigenvalue weighted by Crippen LogP contribution is -2.59. The van der Waals surface area contributed by atoms with E-state index in [1.165, 1.54) is 12.1 Å². The number of ether oxygens (including phenoxy) is 2. The molecule has 0 aliphatic carbocycles. The molecular weight excluding hydrogens is 454 g/mol. The van der Waals surface area contributed by atoms with Gasteiger partial charge in [0.15, 0.2) is 15.1 Å². The molecule has 0 radical (unpaired) electrons. The second-order valence-corrected chi connectivity index (χ2v) is 10.0. The van der Waals surface area contributed by atoms with Gasteiger partial charge in [-0.1, -0.05) is 0 Å². The predicted molar refractivity (Wildman–Crippen MR) is 123 cm³/mol. The molecular formula is C21H25N3O6S2. The Kier molecular flexibility index (Phi) is 7.99. The van der Waals surface area contributed by atoms with Crippen LogP contribution in [-0.2, 0) is 19.4 Å². The zero-order chi connectivity index (χ0) is 23.1. The number of rotatable bonds is 9. The summed E-state index contributed by atoms with van der Waals surface area (Å²) in [7, 11) is -2.31. The van der Waals surface area contributed by atoms with E-state index in [0.29, 0.717) is 23.8 Å². The second-order valence-electron chi connectivity index (χ2n) is 6.82. The molecule has 2 unspecified atom stereocenters. The van der Waals surface area contributed by atoms with Gasteiger partial charge in [0, 0.05) is 12.2 Å². The minimum absolute atomic E-state index is 0.0490. The number of hydrogen-bond acceptors (Lipinski definition) is 8. The molecule has 2 aromatic rings. The largest absolute Gasteiger partial charge is 0.497 e. The summed E-state index contributed by atoms with van der Waals surface area (Å²) in [4.78, 5) is 24.7. The summed E-state index contributed by atoms with van der Waals surface area (Å²) in [6.45, 7) is 2.25. The van der Waals surface area contributed by atoms with Gasteiger partial charge < -0.3 is 20.1 Å². The lowest BCUT2D eigenvalue weighted by atomic mass is 10.3. The fourth-order valence-corrected chi connectivity index (χ4v) is 5.33. The van der Waals surface area contributed by atoms with Crippen LogP contribution in [0.1, 0.15) is 6.92 Å². The molecule has 0 aromatic heterocycles. The number of nitrogens with one attached hydrogen (secondary N) is 3. The third kappa shape index (κ3) is 5.93. The van der Waals surface area contributed by atoms with Gasteiger partial charge in [0.2, 0.25) is 11.8 Å². The van der Waals surface area contributed by atoms with Crippen molar-refractivity contribution in [2.75, 3.05) is 31.3 Å². The van der Waals surface area contributed by atoms with Crippen LogP contribution in [0.3, 0.4) is 0 Å². The van der Waals surface area contributed by atoms with Crippen LogP contribution in [0.4, 0.5) is 5.69 Å².